The molecule has 2 aromatic carbocycles. The van der Waals surface area contributed by atoms with Gasteiger partial charge in [-0.05, 0) is 42.3 Å². The molecule has 33 heavy (non-hydrogen) atoms. The van der Waals surface area contributed by atoms with E-state index in [1.54, 1.807) is 18.0 Å². The number of aromatic nitrogens is 2. The number of carbonyl (C=O) groups is 1. The summed E-state index contributed by atoms with van der Waals surface area (Å²) in [7, 11) is 1.78. The molecular weight excluding hydrogens is 421 g/mol. The van der Waals surface area contributed by atoms with Gasteiger partial charge in [0.05, 0.1) is 16.8 Å². The highest BCUT2D eigenvalue weighted by Crippen LogP contribution is 2.29. The van der Waals surface area contributed by atoms with Gasteiger partial charge in [0.15, 0.2) is 0 Å². The summed E-state index contributed by atoms with van der Waals surface area (Å²) in [6.07, 6.45) is 2.62. The summed E-state index contributed by atoms with van der Waals surface area (Å²) in [4.78, 5) is 25.1. The molecule has 0 bridgehead atoms. The minimum atomic E-state index is -0.562. The lowest BCUT2D eigenvalue weighted by Crippen LogP contribution is -2.31. The number of anilines is 2. The molecule has 166 valence electrons. The van der Waals surface area contributed by atoms with E-state index in [4.69, 9.17) is 15.0 Å². The zero-order valence-electron chi connectivity index (χ0n) is 18.4. The van der Waals surface area contributed by atoms with Crippen LogP contribution in [0.2, 0.25) is 0 Å². The minimum Gasteiger partial charge on any atom is -0.457 e. The Morgan fingerprint density at radius 1 is 1.30 bits per heavy atom. The number of cyclic esters (lactones) is 1. The molecule has 0 radical (unpaired) electrons. The number of nitriles is 1. The van der Waals surface area contributed by atoms with Gasteiger partial charge in [-0.3, -0.25) is 4.90 Å². The highest BCUT2D eigenvalue weighted by atomic mass is 19.1. The first-order valence-electron chi connectivity index (χ1n) is 10.7. The summed E-state index contributed by atoms with van der Waals surface area (Å²) < 4.78 is 19.2. The quantitative estimate of drug-likeness (QED) is 0.568. The molecule has 0 amide bonds. The number of benzene rings is 2. The van der Waals surface area contributed by atoms with E-state index in [0.29, 0.717) is 23.8 Å². The Morgan fingerprint density at radius 3 is 2.94 bits per heavy atom. The average molecular weight is 443 g/mol. The summed E-state index contributed by atoms with van der Waals surface area (Å²) in [5, 5.41) is 8.93. The van der Waals surface area contributed by atoms with Crippen molar-refractivity contribution in [3.8, 4) is 6.07 Å². The zero-order valence-corrected chi connectivity index (χ0v) is 18.4. The first kappa shape index (κ1) is 21.0. The number of fused-ring (bicyclic) bond motifs is 2. The van der Waals surface area contributed by atoms with Crippen molar-refractivity contribution in [1.29, 1.82) is 5.26 Å². The first-order chi connectivity index (χ1) is 15.9. The summed E-state index contributed by atoms with van der Waals surface area (Å²) in [5.74, 6) is -0.313. The summed E-state index contributed by atoms with van der Waals surface area (Å²) >= 11 is 0. The second-order valence-electron chi connectivity index (χ2n) is 8.39. The van der Waals surface area contributed by atoms with Crippen molar-refractivity contribution in [2.45, 2.75) is 33.0 Å². The van der Waals surface area contributed by atoms with Crippen LogP contribution in [0.4, 0.5) is 16.0 Å². The number of nitrogens with zero attached hydrogens (tertiary/aromatic N) is 5. The van der Waals surface area contributed by atoms with Gasteiger partial charge in [0.1, 0.15) is 18.5 Å². The van der Waals surface area contributed by atoms with Gasteiger partial charge in [-0.25, -0.2) is 19.2 Å². The molecule has 7 nitrogen and oxygen atoms in total. The van der Waals surface area contributed by atoms with E-state index in [0.717, 1.165) is 48.4 Å². The monoisotopic (exact) mass is 443 g/mol. The van der Waals surface area contributed by atoms with Gasteiger partial charge < -0.3 is 9.64 Å². The lowest BCUT2D eigenvalue weighted by atomic mass is 9.97. The average Bonchev–Trinajstić information content (AvgIpc) is 3.21. The third-order valence-electron chi connectivity index (χ3n) is 6.43. The number of carbonyl (C=O) groups excluding carboxylic acids is 1. The molecule has 0 atom stereocenters. The van der Waals surface area contributed by atoms with Crippen LogP contribution in [0.1, 0.15) is 43.9 Å². The molecule has 8 heteroatoms. The Kier molecular flexibility index (Phi) is 5.27. The molecule has 0 unspecified atom stereocenters. The Hall–Kier alpha value is -3.83. The van der Waals surface area contributed by atoms with Gasteiger partial charge in [-0.2, -0.15) is 5.26 Å². The topological polar surface area (TPSA) is 82.3 Å². The van der Waals surface area contributed by atoms with E-state index in [9.17, 15) is 9.18 Å². The summed E-state index contributed by atoms with van der Waals surface area (Å²) in [5.41, 5.74) is 6.62. The number of ether oxygens (including phenoxy) is 1. The van der Waals surface area contributed by atoms with E-state index in [2.05, 4.69) is 9.88 Å². The molecule has 0 spiro atoms. The third-order valence-corrected chi connectivity index (χ3v) is 6.43. The largest absolute Gasteiger partial charge is 0.457 e. The maximum atomic E-state index is 14.0. The molecule has 0 fully saturated rings. The number of hydrogen-bond acceptors (Lipinski definition) is 7. The highest BCUT2D eigenvalue weighted by Gasteiger charge is 2.25. The molecular formula is C25H22FN5O2. The number of esters is 1. The fourth-order valence-electron chi connectivity index (χ4n) is 4.39. The lowest BCUT2D eigenvalue weighted by molar-refractivity contribution is 0.0535. The van der Waals surface area contributed by atoms with Crippen molar-refractivity contribution in [3.63, 3.8) is 0 Å². The molecule has 3 aromatic rings. The number of halogens is 1. The van der Waals surface area contributed by atoms with Gasteiger partial charge in [-0.15, -0.1) is 0 Å². The summed E-state index contributed by atoms with van der Waals surface area (Å²) in [6, 6.07) is 10.2. The van der Waals surface area contributed by atoms with Crippen molar-refractivity contribution in [3.05, 3.63) is 81.4 Å². The SMILES string of the molecule is Cc1c(CN2CCc3nc(N(C)c4ccc(C#N)c(F)c4)ncc3C2)ccc2c1COC2=O. The fraction of sp³-hybridized carbons (Fsp3) is 0.280. The van der Waals surface area contributed by atoms with E-state index in [1.165, 1.54) is 17.7 Å². The number of hydrogen-bond donors (Lipinski definition) is 0. The van der Waals surface area contributed by atoms with E-state index in [1.807, 2.05) is 31.3 Å². The van der Waals surface area contributed by atoms with Gasteiger partial charge in [-0.1, -0.05) is 6.07 Å². The molecule has 0 saturated heterocycles. The molecule has 5 rings (SSSR count). The van der Waals surface area contributed by atoms with Crippen molar-refractivity contribution < 1.29 is 13.9 Å². The second-order valence-corrected chi connectivity index (χ2v) is 8.39. The highest BCUT2D eigenvalue weighted by molar-refractivity contribution is 5.93. The molecule has 2 aliphatic rings. The van der Waals surface area contributed by atoms with Crippen LogP contribution < -0.4 is 4.90 Å². The second kappa shape index (κ2) is 8.26. The minimum absolute atomic E-state index is 0.0105. The molecule has 0 saturated carbocycles. The van der Waals surface area contributed by atoms with Crippen LogP contribution in [-0.4, -0.2) is 34.4 Å². The third kappa shape index (κ3) is 3.81. The van der Waals surface area contributed by atoms with Crippen LogP contribution >= 0.6 is 0 Å². The van der Waals surface area contributed by atoms with Crippen LogP contribution in [0.15, 0.2) is 36.5 Å². The Bertz CT molecular complexity index is 1320. The molecule has 3 heterocycles. The molecule has 1 aromatic heterocycles. The lowest BCUT2D eigenvalue weighted by Gasteiger charge is -2.29. The predicted molar refractivity (Wildman–Crippen MR) is 119 cm³/mol. The molecule has 0 aliphatic carbocycles. The standard InChI is InChI=1S/C25H22FN5O2/c1-15-17(4-6-20-21(15)14-33-24(20)32)12-31-8-7-23-18(13-31)11-28-25(29-23)30(2)19-5-3-16(10-27)22(26)9-19/h3-6,9,11H,7-8,12-14H2,1-2H3. The van der Waals surface area contributed by atoms with Crippen LogP contribution in [0.25, 0.3) is 0 Å². The normalized spacial score (nSPS) is 14.9. The fourth-order valence-corrected chi connectivity index (χ4v) is 4.39. The van der Waals surface area contributed by atoms with E-state index >= 15 is 0 Å². The van der Waals surface area contributed by atoms with Gasteiger partial charge >= 0.3 is 5.97 Å². The first-order valence-corrected chi connectivity index (χ1v) is 10.7. The van der Waals surface area contributed by atoms with Crippen LogP contribution in [0.5, 0.6) is 0 Å². The summed E-state index contributed by atoms with van der Waals surface area (Å²) in [6.45, 7) is 4.76. The van der Waals surface area contributed by atoms with Gasteiger partial charge in [0, 0.05) is 56.1 Å². The van der Waals surface area contributed by atoms with Crippen molar-refractivity contribution in [1.82, 2.24) is 14.9 Å². The van der Waals surface area contributed by atoms with Crippen molar-refractivity contribution in [2.75, 3.05) is 18.5 Å². The predicted octanol–water partition coefficient (Wildman–Crippen LogP) is 3.79. The number of rotatable bonds is 4. The smallest absolute Gasteiger partial charge is 0.338 e. The maximum absolute atomic E-state index is 14.0. The Balaban J connectivity index is 1.32. The van der Waals surface area contributed by atoms with Crippen LogP contribution in [0, 0.1) is 24.1 Å². The van der Waals surface area contributed by atoms with Crippen molar-refractivity contribution in [2.24, 2.45) is 0 Å². The van der Waals surface area contributed by atoms with Crippen LogP contribution in [-0.2, 0) is 30.9 Å². The van der Waals surface area contributed by atoms with Gasteiger partial charge in [0.2, 0.25) is 5.95 Å². The van der Waals surface area contributed by atoms with Crippen LogP contribution in [0.3, 0.4) is 0 Å². The zero-order chi connectivity index (χ0) is 23.1. The maximum Gasteiger partial charge on any atom is 0.338 e. The van der Waals surface area contributed by atoms with E-state index < -0.39 is 5.82 Å². The molecule has 0 N–H and O–H groups in total. The van der Waals surface area contributed by atoms with Crippen molar-refractivity contribution >= 4 is 17.6 Å². The van der Waals surface area contributed by atoms with Gasteiger partial charge in [0.25, 0.3) is 0 Å². The Morgan fingerprint density at radius 2 is 2.15 bits per heavy atom. The van der Waals surface area contributed by atoms with E-state index in [-0.39, 0.29) is 11.5 Å². The Labute approximate surface area is 191 Å². The molecule has 2 aliphatic heterocycles.